The fourth-order valence-electron chi connectivity index (χ4n) is 2.28. The number of amides is 1. The van der Waals surface area contributed by atoms with E-state index in [0.717, 1.165) is 5.56 Å². The Kier molecular flexibility index (Phi) is 4.31. The molecule has 0 aliphatic heterocycles. The summed E-state index contributed by atoms with van der Waals surface area (Å²) in [5, 5.41) is 20.5. The van der Waals surface area contributed by atoms with Crippen LogP contribution in [0.3, 0.4) is 0 Å². The lowest BCUT2D eigenvalue weighted by molar-refractivity contribution is 0.0900. The first-order valence-corrected chi connectivity index (χ1v) is 8.02. The van der Waals surface area contributed by atoms with Crippen LogP contribution in [-0.2, 0) is 0 Å². The summed E-state index contributed by atoms with van der Waals surface area (Å²) in [5.74, 6) is 1.22. The molecule has 0 unspecified atom stereocenters. The third-order valence-corrected chi connectivity index (χ3v) is 4.16. The van der Waals surface area contributed by atoms with Gasteiger partial charge in [0.25, 0.3) is 5.91 Å². The highest BCUT2D eigenvalue weighted by Gasteiger charge is 2.20. The smallest absolute Gasteiger partial charge is 0.256 e. The first kappa shape index (κ1) is 15.5. The van der Waals surface area contributed by atoms with Crippen LogP contribution in [0.5, 0.6) is 0 Å². The zero-order valence-corrected chi connectivity index (χ0v) is 13.5. The Hall–Kier alpha value is -2.38. The van der Waals surface area contributed by atoms with Crippen LogP contribution in [0.1, 0.15) is 33.7 Å². The number of furan rings is 1. The highest BCUT2D eigenvalue weighted by Crippen LogP contribution is 2.26. The van der Waals surface area contributed by atoms with Gasteiger partial charge in [0.2, 0.25) is 0 Å². The highest BCUT2D eigenvalue weighted by atomic mass is 32.1. The summed E-state index contributed by atoms with van der Waals surface area (Å²) in [6.45, 7) is 3.41. The van der Waals surface area contributed by atoms with Gasteiger partial charge in [0, 0.05) is 10.9 Å². The number of carbonyl (C=O) groups is 1. The fraction of sp³-hybridized carbons (Fsp3) is 0.250. The van der Waals surface area contributed by atoms with E-state index in [4.69, 9.17) is 8.94 Å². The van der Waals surface area contributed by atoms with Crippen molar-refractivity contribution in [3.63, 3.8) is 0 Å². The van der Waals surface area contributed by atoms with Gasteiger partial charge in [-0.15, -0.1) is 0 Å². The Morgan fingerprint density at radius 2 is 2.22 bits per heavy atom. The fourth-order valence-corrected chi connectivity index (χ4v) is 2.92. The lowest BCUT2D eigenvalue weighted by Crippen LogP contribution is -2.28. The van der Waals surface area contributed by atoms with Crippen LogP contribution in [0.15, 0.2) is 37.9 Å². The molecule has 0 spiro atoms. The number of rotatable bonds is 5. The van der Waals surface area contributed by atoms with Crippen molar-refractivity contribution in [1.82, 2.24) is 10.5 Å². The van der Waals surface area contributed by atoms with Crippen LogP contribution in [0.2, 0.25) is 0 Å². The quantitative estimate of drug-likeness (QED) is 0.749. The maximum atomic E-state index is 12.1. The number of nitrogens with one attached hydrogen (secondary N) is 1. The van der Waals surface area contributed by atoms with Crippen LogP contribution < -0.4 is 5.32 Å². The van der Waals surface area contributed by atoms with Gasteiger partial charge in [-0.2, -0.15) is 11.3 Å². The second kappa shape index (κ2) is 6.39. The Bertz CT molecular complexity index is 785. The molecule has 0 aliphatic carbocycles. The number of hydrogen-bond donors (Lipinski definition) is 2. The molecule has 2 N–H and O–H groups in total. The molecule has 1 amide bonds. The molecule has 120 valence electrons. The van der Waals surface area contributed by atoms with Gasteiger partial charge in [0.15, 0.2) is 0 Å². The van der Waals surface area contributed by atoms with Gasteiger partial charge in [-0.25, -0.2) is 0 Å². The Morgan fingerprint density at radius 3 is 2.87 bits per heavy atom. The molecule has 0 bridgehead atoms. The third kappa shape index (κ3) is 3.20. The predicted molar refractivity (Wildman–Crippen MR) is 85.3 cm³/mol. The molecule has 0 saturated carbocycles. The summed E-state index contributed by atoms with van der Waals surface area (Å²) in [6.07, 6.45) is -0.924. The standard InChI is InChI=1S/C16H16N2O4S/c1-9-15(10(2)22-18-9)16(20)17-7-12(19)14-4-3-13(21-14)11-5-6-23-8-11/h3-6,8,12,19H,7H2,1-2H3,(H,17,20)/t12-/m1/s1. The lowest BCUT2D eigenvalue weighted by Gasteiger charge is -2.09. The minimum absolute atomic E-state index is 0.0412. The van der Waals surface area contributed by atoms with Crippen molar-refractivity contribution < 1.29 is 18.8 Å². The number of carbonyl (C=O) groups excluding carboxylic acids is 1. The normalized spacial score (nSPS) is 12.3. The maximum absolute atomic E-state index is 12.1. The maximum Gasteiger partial charge on any atom is 0.256 e. The van der Waals surface area contributed by atoms with Crippen molar-refractivity contribution in [2.75, 3.05) is 6.54 Å². The molecule has 0 aliphatic rings. The van der Waals surface area contributed by atoms with Crippen LogP contribution in [-0.4, -0.2) is 22.7 Å². The van der Waals surface area contributed by atoms with Crippen molar-refractivity contribution in [3.8, 4) is 11.3 Å². The first-order chi connectivity index (χ1) is 11.1. The van der Waals surface area contributed by atoms with Gasteiger partial charge in [0.1, 0.15) is 28.9 Å². The molecular weight excluding hydrogens is 316 g/mol. The van der Waals surface area contributed by atoms with Gasteiger partial charge in [0.05, 0.1) is 12.2 Å². The molecule has 6 nitrogen and oxygen atoms in total. The average molecular weight is 332 g/mol. The SMILES string of the molecule is Cc1noc(C)c1C(=O)NC[C@@H](O)c1ccc(-c2ccsc2)o1. The topological polar surface area (TPSA) is 88.5 Å². The molecule has 1 atom stereocenters. The average Bonchev–Trinajstić information content (AvgIpc) is 3.25. The van der Waals surface area contributed by atoms with Gasteiger partial charge in [-0.05, 0) is 37.4 Å². The Balaban J connectivity index is 1.64. The third-order valence-electron chi connectivity index (χ3n) is 3.48. The summed E-state index contributed by atoms with van der Waals surface area (Å²) >= 11 is 1.57. The molecule has 0 aromatic carbocycles. The largest absolute Gasteiger partial charge is 0.458 e. The minimum Gasteiger partial charge on any atom is -0.458 e. The van der Waals surface area contributed by atoms with Crippen molar-refractivity contribution in [1.29, 1.82) is 0 Å². The highest BCUT2D eigenvalue weighted by molar-refractivity contribution is 7.08. The molecule has 3 heterocycles. The molecule has 3 aromatic rings. The Labute approximate surface area is 136 Å². The molecule has 3 aromatic heterocycles. The minimum atomic E-state index is -0.924. The van der Waals surface area contributed by atoms with E-state index in [1.165, 1.54) is 0 Å². The number of aliphatic hydroxyl groups is 1. The van der Waals surface area contributed by atoms with E-state index in [9.17, 15) is 9.90 Å². The lowest BCUT2D eigenvalue weighted by atomic mass is 10.2. The number of thiophene rings is 1. The summed E-state index contributed by atoms with van der Waals surface area (Å²) in [7, 11) is 0. The van der Waals surface area contributed by atoms with Gasteiger partial charge >= 0.3 is 0 Å². The van der Waals surface area contributed by atoms with E-state index in [1.807, 2.05) is 16.8 Å². The summed E-state index contributed by atoms with van der Waals surface area (Å²) in [4.78, 5) is 12.1. The van der Waals surface area contributed by atoms with Gasteiger partial charge in [-0.1, -0.05) is 5.16 Å². The Morgan fingerprint density at radius 1 is 1.39 bits per heavy atom. The van der Waals surface area contributed by atoms with Crippen molar-refractivity contribution >= 4 is 17.2 Å². The van der Waals surface area contributed by atoms with E-state index in [0.29, 0.717) is 28.5 Å². The zero-order chi connectivity index (χ0) is 16.4. The number of aromatic nitrogens is 1. The van der Waals surface area contributed by atoms with Crippen molar-refractivity contribution in [3.05, 3.63) is 51.7 Å². The van der Waals surface area contributed by atoms with E-state index >= 15 is 0 Å². The van der Waals surface area contributed by atoms with Gasteiger partial charge < -0.3 is 19.4 Å². The monoisotopic (exact) mass is 332 g/mol. The summed E-state index contributed by atoms with van der Waals surface area (Å²) in [6, 6.07) is 5.45. The van der Waals surface area contributed by atoms with Crippen LogP contribution in [0.4, 0.5) is 0 Å². The van der Waals surface area contributed by atoms with Crippen molar-refractivity contribution in [2.24, 2.45) is 0 Å². The number of hydrogen-bond acceptors (Lipinski definition) is 6. The van der Waals surface area contributed by atoms with E-state index < -0.39 is 6.10 Å². The van der Waals surface area contributed by atoms with Crippen molar-refractivity contribution in [2.45, 2.75) is 20.0 Å². The summed E-state index contributed by atoms with van der Waals surface area (Å²) in [5.41, 5.74) is 1.89. The second-order valence-corrected chi connectivity index (χ2v) is 5.92. The van der Waals surface area contributed by atoms with Crippen LogP contribution >= 0.6 is 11.3 Å². The molecule has 0 saturated heterocycles. The molecular formula is C16H16N2O4S. The second-order valence-electron chi connectivity index (χ2n) is 5.14. The molecule has 23 heavy (non-hydrogen) atoms. The number of nitrogens with zero attached hydrogens (tertiary/aromatic N) is 1. The number of aryl methyl sites for hydroxylation is 2. The van der Waals surface area contributed by atoms with E-state index in [-0.39, 0.29) is 12.5 Å². The molecule has 7 heteroatoms. The van der Waals surface area contributed by atoms with Gasteiger partial charge in [-0.3, -0.25) is 4.79 Å². The molecule has 0 fully saturated rings. The zero-order valence-electron chi connectivity index (χ0n) is 12.7. The van der Waals surface area contributed by atoms with Crippen LogP contribution in [0.25, 0.3) is 11.3 Å². The van der Waals surface area contributed by atoms with E-state index in [2.05, 4.69) is 10.5 Å². The van der Waals surface area contributed by atoms with E-state index in [1.54, 1.807) is 37.3 Å². The first-order valence-electron chi connectivity index (χ1n) is 7.07. The number of aliphatic hydroxyl groups excluding tert-OH is 1. The predicted octanol–water partition coefficient (Wildman–Crippen LogP) is 3.08. The van der Waals surface area contributed by atoms with Crippen LogP contribution in [0, 0.1) is 13.8 Å². The summed E-state index contributed by atoms with van der Waals surface area (Å²) < 4.78 is 10.6. The molecule has 0 radical (unpaired) electrons. The molecule has 3 rings (SSSR count).